The summed E-state index contributed by atoms with van der Waals surface area (Å²) < 4.78 is 5.32. The van der Waals surface area contributed by atoms with Gasteiger partial charge in [0.15, 0.2) is 0 Å². The number of carboxylic acids is 1. The predicted octanol–water partition coefficient (Wildman–Crippen LogP) is 2.53. The molecule has 1 aromatic rings. The molecule has 3 heteroatoms. The molecule has 2 rings (SSSR count). The third kappa shape index (κ3) is 1.91. The number of rotatable bonds is 2. The molecule has 1 aromatic carbocycles. The third-order valence-corrected chi connectivity index (χ3v) is 2.20. The van der Waals surface area contributed by atoms with Crippen molar-refractivity contribution in [2.75, 3.05) is 0 Å². The van der Waals surface area contributed by atoms with Crippen LogP contribution in [0.2, 0.25) is 0 Å². The Labute approximate surface area is 87.3 Å². The first-order valence-electron chi connectivity index (χ1n) is 4.60. The van der Waals surface area contributed by atoms with Crippen molar-refractivity contribution >= 4 is 5.97 Å². The van der Waals surface area contributed by atoms with E-state index in [0.717, 1.165) is 0 Å². The molecule has 0 saturated heterocycles. The number of benzene rings is 1. The molecule has 76 valence electrons. The molecule has 0 amide bonds. The van der Waals surface area contributed by atoms with E-state index in [1.165, 1.54) is 0 Å². The fraction of sp³-hybridized carbons (Fsp3) is 0.0833. The molecule has 0 aromatic heterocycles. The van der Waals surface area contributed by atoms with Crippen molar-refractivity contribution in [3.63, 3.8) is 0 Å². The molecule has 0 aliphatic carbocycles. The van der Waals surface area contributed by atoms with Crippen molar-refractivity contribution < 1.29 is 14.6 Å². The zero-order valence-electron chi connectivity index (χ0n) is 7.96. The molecule has 0 fully saturated rings. The van der Waals surface area contributed by atoms with Crippen molar-refractivity contribution in [2.24, 2.45) is 0 Å². The summed E-state index contributed by atoms with van der Waals surface area (Å²) in [6.45, 7) is 0. The summed E-state index contributed by atoms with van der Waals surface area (Å²) in [6.07, 6.45) is 6.68. The van der Waals surface area contributed by atoms with Crippen LogP contribution in [-0.2, 0) is 4.74 Å². The molecule has 0 bridgehead atoms. The normalized spacial score (nSPS) is 18.5. The summed E-state index contributed by atoms with van der Waals surface area (Å²) in [5.41, 5.74) is 0.952. The molecule has 3 nitrogen and oxygen atoms in total. The van der Waals surface area contributed by atoms with E-state index in [2.05, 4.69) is 0 Å². The SMILES string of the molecule is O=C(O)c1ccccc1C1C=CC=CO1. The molecule has 1 aliphatic rings. The van der Waals surface area contributed by atoms with Gasteiger partial charge >= 0.3 is 5.97 Å². The molecular weight excluding hydrogens is 192 g/mol. The van der Waals surface area contributed by atoms with Crippen molar-refractivity contribution in [3.8, 4) is 0 Å². The van der Waals surface area contributed by atoms with E-state index in [0.29, 0.717) is 5.56 Å². The molecule has 15 heavy (non-hydrogen) atoms. The Kier molecular flexibility index (Phi) is 2.54. The average Bonchev–Trinajstić information content (AvgIpc) is 2.30. The number of carboxylic acid groups (broad SMARTS) is 1. The predicted molar refractivity (Wildman–Crippen MR) is 55.5 cm³/mol. The molecule has 1 heterocycles. The lowest BCUT2D eigenvalue weighted by Crippen LogP contribution is -2.07. The van der Waals surface area contributed by atoms with Gasteiger partial charge in [0.05, 0.1) is 11.8 Å². The first kappa shape index (κ1) is 9.52. The molecule has 1 atom stereocenters. The van der Waals surface area contributed by atoms with Crippen LogP contribution in [0.5, 0.6) is 0 Å². The first-order chi connectivity index (χ1) is 7.29. The molecule has 0 radical (unpaired) electrons. The Bertz CT molecular complexity index is 432. The molecule has 0 spiro atoms. The minimum Gasteiger partial charge on any atom is -0.489 e. The third-order valence-electron chi connectivity index (χ3n) is 2.20. The van der Waals surface area contributed by atoms with E-state index >= 15 is 0 Å². The molecule has 1 aliphatic heterocycles. The van der Waals surface area contributed by atoms with E-state index in [9.17, 15) is 4.79 Å². The van der Waals surface area contributed by atoms with Gasteiger partial charge in [0, 0.05) is 5.56 Å². The monoisotopic (exact) mass is 202 g/mol. The van der Waals surface area contributed by atoms with Crippen LogP contribution < -0.4 is 0 Å². The maximum atomic E-state index is 11.0. The number of carbonyl (C=O) groups is 1. The number of hydrogen-bond donors (Lipinski definition) is 1. The summed E-state index contributed by atoms with van der Waals surface area (Å²) in [5.74, 6) is -0.933. The van der Waals surface area contributed by atoms with Gasteiger partial charge in [-0.15, -0.1) is 0 Å². The highest BCUT2D eigenvalue weighted by Crippen LogP contribution is 2.25. The van der Waals surface area contributed by atoms with Crippen LogP contribution in [0, 0.1) is 0 Å². The van der Waals surface area contributed by atoms with E-state index in [-0.39, 0.29) is 11.7 Å². The van der Waals surface area contributed by atoms with Gasteiger partial charge < -0.3 is 9.84 Å². The Balaban J connectivity index is 2.39. The van der Waals surface area contributed by atoms with Crippen molar-refractivity contribution in [1.29, 1.82) is 0 Å². The number of allylic oxidation sites excluding steroid dienone is 2. The van der Waals surface area contributed by atoms with Crippen LogP contribution in [0.3, 0.4) is 0 Å². The Hall–Kier alpha value is -2.03. The van der Waals surface area contributed by atoms with E-state index in [4.69, 9.17) is 9.84 Å². The lowest BCUT2D eigenvalue weighted by atomic mass is 10.0. The highest BCUT2D eigenvalue weighted by molar-refractivity contribution is 5.89. The summed E-state index contributed by atoms with van der Waals surface area (Å²) in [7, 11) is 0. The highest BCUT2D eigenvalue weighted by Gasteiger charge is 2.17. The van der Waals surface area contributed by atoms with Gasteiger partial charge in [-0.2, -0.15) is 0 Å². The minimum atomic E-state index is -0.933. The maximum absolute atomic E-state index is 11.0. The van der Waals surface area contributed by atoms with E-state index in [1.807, 2.05) is 12.2 Å². The topological polar surface area (TPSA) is 46.5 Å². The van der Waals surface area contributed by atoms with Crippen LogP contribution in [0.25, 0.3) is 0 Å². The van der Waals surface area contributed by atoms with Gasteiger partial charge in [-0.05, 0) is 18.2 Å². The lowest BCUT2D eigenvalue weighted by molar-refractivity contribution is 0.0690. The van der Waals surface area contributed by atoms with Crippen LogP contribution in [0.15, 0.2) is 48.8 Å². The van der Waals surface area contributed by atoms with Crippen LogP contribution in [0.4, 0.5) is 0 Å². The van der Waals surface area contributed by atoms with Crippen LogP contribution >= 0.6 is 0 Å². The van der Waals surface area contributed by atoms with Crippen molar-refractivity contribution in [1.82, 2.24) is 0 Å². The lowest BCUT2D eigenvalue weighted by Gasteiger charge is -2.17. The van der Waals surface area contributed by atoms with E-state index < -0.39 is 5.97 Å². The highest BCUT2D eigenvalue weighted by atomic mass is 16.5. The Morgan fingerprint density at radius 1 is 1.27 bits per heavy atom. The van der Waals surface area contributed by atoms with Gasteiger partial charge in [-0.25, -0.2) is 4.79 Å². The summed E-state index contributed by atoms with van der Waals surface area (Å²) in [6, 6.07) is 6.84. The number of aromatic carboxylic acids is 1. The maximum Gasteiger partial charge on any atom is 0.336 e. The van der Waals surface area contributed by atoms with Gasteiger partial charge in [0.1, 0.15) is 6.10 Å². The quantitative estimate of drug-likeness (QED) is 0.801. The summed E-state index contributed by atoms with van der Waals surface area (Å²) in [4.78, 5) is 11.0. The smallest absolute Gasteiger partial charge is 0.336 e. The van der Waals surface area contributed by atoms with E-state index in [1.54, 1.807) is 36.6 Å². The first-order valence-corrected chi connectivity index (χ1v) is 4.60. The zero-order chi connectivity index (χ0) is 10.7. The molecular formula is C12H10O3. The number of ether oxygens (including phenoxy) is 1. The van der Waals surface area contributed by atoms with Crippen LogP contribution in [0.1, 0.15) is 22.0 Å². The number of hydrogen-bond acceptors (Lipinski definition) is 2. The van der Waals surface area contributed by atoms with Crippen molar-refractivity contribution in [3.05, 3.63) is 59.9 Å². The summed E-state index contributed by atoms with van der Waals surface area (Å²) >= 11 is 0. The average molecular weight is 202 g/mol. The fourth-order valence-electron chi connectivity index (χ4n) is 1.50. The van der Waals surface area contributed by atoms with Gasteiger partial charge in [-0.3, -0.25) is 0 Å². The largest absolute Gasteiger partial charge is 0.489 e. The Morgan fingerprint density at radius 3 is 2.73 bits per heavy atom. The van der Waals surface area contributed by atoms with Crippen molar-refractivity contribution in [2.45, 2.75) is 6.10 Å². The second kappa shape index (κ2) is 4.00. The second-order valence-corrected chi connectivity index (χ2v) is 3.16. The van der Waals surface area contributed by atoms with Crippen LogP contribution in [-0.4, -0.2) is 11.1 Å². The second-order valence-electron chi connectivity index (χ2n) is 3.16. The zero-order valence-corrected chi connectivity index (χ0v) is 7.96. The molecule has 1 unspecified atom stereocenters. The van der Waals surface area contributed by atoms with Gasteiger partial charge in [0.25, 0.3) is 0 Å². The Morgan fingerprint density at radius 2 is 2.07 bits per heavy atom. The fourth-order valence-corrected chi connectivity index (χ4v) is 1.50. The molecule has 1 N–H and O–H groups in total. The standard InChI is InChI=1S/C12H10O3/c13-12(14)10-6-2-1-5-9(10)11-7-3-4-8-15-11/h1-8,11H,(H,13,14). The van der Waals surface area contributed by atoms with Gasteiger partial charge in [-0.1, -0.05) is 24.3 Å². The minimum absolute atomic E-state index is 0.280. The molecule has 0 saturated carbocycles. The van der Waals surface area contributed by atoms with Gasteiger partial charge in [0.2, 0.25) is 0 Å². The summed E-state index contributed by atoms with van der Waals surface area (Å²) in [5, 5.41) is 9.00.